The number of hydrazone groups is 1. The number of aromatic nitrogens is 1. The minimum Gasteiger partial charge on any atom is -0.316 e. The highest BCUT2D eigenvalue weighted by atomic mass is 35.5. The summed E-state index contributed by atoms with van der Waals surface area (Å²) < 4.78 is 1.68. The maximum atomic E-state index is 12.8. The zero-order valence-electron chi connectivity index (χ0n) is 17.4. The molecule has 0 bridgehead atoms. The normalized spacial score (nSPS) is 16.5. The number of non-ortho nitro benzene ring substituents is 1. The summed E-state index contributed by atoms with van der Waals surface area (Å²) in [5.41, 5.74) is 2.08. The number of nitrogens with zero attached hydrogens (tertiary/aromatic N) is 5. The molecule has 168 valence electrons. The largest absolute Gasteiger partial charge is 0.316 e. The molecule has 2 aliphatic heterocycles. The number of amidine groups is 2. The van der Waals surface area contributed by atoms with Crippen LogP contribution in [0.3, 0.4) is 0 Å². The number of halogens is 1. The third-order valence-electron chi connectivity index (χ3n) is 5.17. The Morgan fingerprint density at radius 1 is 1.15 bits per heavy atom. The van der Waals surface area contributed by atoms with Gasteiger partial charge in [-0.1, -0.05) is 41.9 Å². The van der Waals surface area contributed by atoms with E-state index in [9.17, 15) is 14.9 Å². The van der Waals surface area contributed by atoms with E-state index in [1.54, 1.807) is 22.9 Å². The quantitative estimate of drug-likeness (QED) is 0.310. The minimum absolute atomic E-state index is 0.0758. The van der Waals surface area contributed by atoms with E-state index in [0.29, 0.717) is 23.0 Å². The predicted octanol–water partition coefficient (Wildman–Crippen LogP) is 4.90. The van der Waals surface area contributed by atoms with Crippen LogP contribution in [-0.2, 0) is 11.2 Å². The molecule has 0 spiro atoms. The molecule has 3 heterocycles. The van der Waals surface area contributed by atoms with Crippen LogP contribution < -0.4 is 0 Å². The number of fused-ring (bicyclic) bond motifs is 1. The number of carbonyl (C=O) groups is 1. The van der Waals surface area contributed by atoms with Crippen LogP contribution in [0.15, 0.2) is 82.5 Å². The van der Waals surface area contributed by atoms with Gasteiger partial charge in [-0.05, 0) is 41.6 Å². The Morgan fingerprint density at radius 2 is 1.94 bits per heavy atom. The summed E-state index contributed by atoms with van der Waals surface area (Å²) >= 11 is 7.56. The first kappa shape index (κ1) is 21.8. The van der Waals surface area contributed by atoms with Crippen LogP contribution in [0, 0.1) is 15.5 Å². The van der Waals surface area contributed by atoms with Crippen molar-refractivity contribution in [2.75, 3.05) is 0 Å². The van der Waals surface area contributed by atoms with Crippen molar-refractivity contribution in [1.82, 2.24) is 9.58 Å². The molecule has 2 aromatic carbocycles. The Hall–Kier alpha value is -4.02. The Bertz CT molecular complexity index is 1440. The second-order valence-corrected chi connectivity index (χ2v) is 8.82. The molecular weight excluding hydrogens is 476 g/mol. The van der Waals surface area contributed by atoms with Gasteiger partial charge in [0, 0.05) is 30.4 Å². The summed E-state index contributed by atoms with van der Waals surface area (Å²) in [4.78, 5) is 27.4. The molecule has 9 nitrogen and oxygen atoms in total. The minimum atomic E-state index is -0.539. The summed E-state index contributed by atoms with van der Waals surface area (Å²) in [7, 11) is 0. The number of hydrogen-bond donors (Lipinski definition) is 1. The van der Waals surface area contributed by atoms with Crippen LogP contribution >= 0.6 is 23.4 Å². The van der Waals surface area contributed by atoms with E-state index in [0.717, 1.165) is 10.6 Å². The van der Waals surface area contributed by atoms with Crippen molar-refractivity contribution in [3.63, 3.8) is 0 Å². The summed E-state index contributed by atoms with van der Waals surface area (Å²) in [5.74, 6) is -0.615. The lowest BCUT2D eigenvalue weighted by Crippen LogP contribution is -2.35. The van der Waals surface area contributed by atoms with Crippen LogP contribution in [-0.4, -0.2) is 36.5 Å². The molecule has 3 aromatic rings. The Kier molecular flexibility index (Phi) is 5.60. The summed E-state index contributed by atoms with van der Waals surface area (Å²) in [5, 5.41) is 26.7. The van der Waals surface area contributed by atoms with E-state index in [-0.39, 0.29) is 22.1 Å². The number of benzene rings is 2. The van der Waals surface area contributed by atoms with Gasteiger partial charge in [-0.25, -0.2) is 0 Å². The number of nitro benzene ring substituents is 1. The number of nitro groups is 1. The third kappa shape index (κ3) is 4.04. The number of thioether (sulfide) groups is 1. The number of amides is 1. The molecule has 2 aliphatic rings. The summed E-state index contributed by atoms with van der Waals surface area (Å²) in [6.45, 7) is 0. The molecule has 0 atom stereocenters. The fourth-order valence-corrected chi connectivity index (χ4v) is 4.74. The van der Waals surface area contributed by atoms with Crippen molar-refractivity contribution in [1.29, 1.82) is 5.41 Å². The molecule has 1 N–H and O–H groups in total. The lowest BCUT2D eigenvalue weighted by Gasteiger charge is -2.20. The SMILES string of the molecule is N=C1/C(=C/c2cccn2-c2ccc([N+](=O)[O-])cc2Cl)C(=O)N=C2SC(Cc3ccccc3)=NN12. The number of rotatable bonds is 5. The van der Waals surface area contributed by atoms with Crippen molar-refractivity contribution >= 4 is 57.1 Å². The van der Waals surface area contributed by atoms with E-state index in [1.165, 1.54) is 41.0 Å². The smallest absolute Gasteiger partial charge is 0.283 e. The molecule has 11 heteroatoms. The van der Waals surface area contributed by atoms with E-state index >= 15 is 0 Å². The monoisotopic (exact) mass is 490 g/mol. The third-order valence-corrected chi connectivity index (χ3v) is 6.38. The van der Waals surface area contributed by atoms with Crippen LogP contribution in [0.5, 0.6) is 0 Å². The van der Waals surface area contributed by atoms with Gasteiger partial charge in [0.1, 0.15) is 5.04 Å². The van der Waals surface area contributed by atoms with Gasteiger partial charge in [0.15, 0.2) is 5.84 Å². The summed E-state index contributed by atoms with van der Waals surface area (Å²) in [6.07, 6.45) is 3.83. The van der Waals surface area contributed by atoms with Crippen LogP contribution in [0.1, 0.15) is 11.3 Å². The molecule has 1 amide bonds. The van der Waals surface area contributed by atoms with E-state index in [2.05, 4.69) is 10.1 Å². The number of hydrogen-bond acceptors (Lipinski definition) is 6. The van der Waals surface area contributed by atoms with Crippen molar-refractivity contribution in [2.24, 2.45) is 10.1 Å². The summed E-state index contributed by atoms with van der Waals surface area (Å²) in [6, 6.07) is 17.4. The maximum absolute atomic E-state index is 12.8. The average molecular weight is 491 g/mol. The van der Waals surface area contributed by atoms with Gasteiger partial charge in [0.25, 0.3) is 11.6 Å². The average Bonchev–Trinajstić information content (AvgIpc) is 3.44. The molecular formula is C23H15ClN6O3S. The topological polar surface area (TPSA) is 117 Å². The standard InChI is InChI=1S/C23H15ClN6O3S/c24-18-13-16(30(32)33)8-9-19(18)28-10-4-7-15(28)12-17-21(25)29-23(26-22(17)31)34-20(27-29)11-14-5-2-1-3-6-14/h1-10,12-13,25H,11H2/b17-12-,25-21?. The zero-order valence-corrected chi connectivity index (χ0v) is 19.0. The molecule has 0 aliphatic carbocycles. The van der Waals surface area contributed by atoms with Gasteiger partial charge in [-0.15, -0.1) is 0 Å². The van der Waals surface area contributed by atoms with Crippen LogP contribution in [0.2, 0.25) is 5.02 Å². The highest BCUT2D eigenvalue weighted by molar-refractivity contribution is 8.26. The molecule has 5 rings (SSSR count). The van der Waals surface area contributed by atoms with Crippen LogP contribution in [0.4, 0.5) is 5.69 Å². The molecule has 0 saturated heterocycles. The van der Waals surface area contributed by atoms with E-state index < -0.39 is 10.8 Å². The van der Waals surface area contributed by atoms with Crippen molar-refractivity contribution in [3.8, 4) is 5.69 Å². The van der Waals surface area contributed by atoms with Crippen LogP contribution in [0.25, 0.3) is 11.8 Å². The first-order valence-corrected chi connectivity index (χ1v) is 11.2. The Morgan fingerprint density at radius 3 is 2.68 bits per heavy atom. The lowest BCUT2D eigenvalue weighted by molar-refractivity contribution is -0.384. The van der Waals surface area contributed by atoms with Crippen molar-refractivity contribution in [3.05, 3.63) is 98.8 Å². The maximum Gasteiger partial charge on any atom is 0.283 e. The van der Waals surface area contributed by atoms with E-state index in [1.807, 2.05) is 30.3 Å². The van der Waals surface area contributed by atoms with Gasteiger partial charge in [-0.2, -0.15) is 15.1 Å². The van der Waals surface area contributed by atoms with E-state index in [4.69, 9.17) is 17.0 Å². The van der Waals surface area contributed by atoms with Gasteiger partial charge < -0.3 is 4.57 Å². The predicted molar refractivity (Wildman–Crippen MR) is 133 cm³/mol. The molecule has 34 heavy (non-hydrogen) atoms. The van der Waals surface area contributed by atoms with Gasteiger partial charge in [0.2, 0.25) is 5.17 Å². The number of aliphatic imine (C=N–C) groups is 1. The first-order chi connectivity index (χ1) is 16.4. The fourth-order valence-electron chi connectivity index (χ4n) is 3.56. The molecule has 1 aromatic heterocycles. The highest BCUT2D eigenvalue weighted by Gasteiger charge is 2.35. The van der Waals surface area contributed by atoms with Gasteiger partial charge in [-0.3, -0.25) is 20.3 Å². The Labute approximate surface area is 202 Å². The van der Waals surface area contributed by atoms with Gasteiger partial charge in [0.05, 0.1) is 21.2 Å². The molecule has 0 fully saturated rings. The fraction of sp³-hybridized carbons (Fsp3) is 0.0435. The molecule has 0 saturated carbocycles. The van der Waals surface area contributed by atoms with Crippen molar-refractivity contribution < 1.29 is 9.72 Å². The number of carbonyl (C=O) groups excluding carboxylic acids is 1. The lowest BCUT2D eigenvalue weighted by atomic mass is 10.1. The van der Waals surface area contributed by atoms with Gasteiger partial charge >= 0.3 is 0 Å². The highest BCUT2D eigenvalue weighted by Crippen LogP contribution is 2.31. The molecule has 0 radical (unpaired) electrons. The second kappa shape index (κ2) is 8.73. The second-order valence-electron chi connectivity index (χ2n) is 7.37. The zero-order chi connectivity index (χ0) is 23.8. The van der Waals surface area contributed by atoms with Crippen molar-refractivity contribution in [2.45, 2.75) is 6.42 Å². The molecule has 0 unspecified atom stereocenters. The number of nitrogens with one attached hydrogen (secondary N) is 1. The first-order valence-electron chi connectivity index (χ1n) is 10.1. The Balaban J connectivity index is 1.45.